The maximum atomic E-state index is 5.68. The van der Waals surface area contributed by atoms with Crippen molar-refractivity contribution in [1.29, 1.82) is 0 Å². The second-order valence-corrected chi connectivity index (χ2v) is 2.71. The number of pyridine rings is 1. The molecule has 1 rings (SSSR count). The molecule has 1 aromatic rings. The van der Waals surface area contributed by atoms with Gasteiger partial charge in [-0.2, -0.15) is 0 Å². The van der Waals surface area contributed by atoms with E-state index in [9.17, 15) is 0 Å². The molecular formula is C10H13N3. The number of nitrogens with zero attached hydrogens (tertiary/aromatic N) is 1. The fourth-order valence-electron chi connectivity index (χ4n) is 0.965. The van der Waals surface area contributed by atoms with Crippen molar-refractivity contribution >= 4 is 11.5 Å². The molecule has 0 radical (unpaired) electrons. The lowest BCUT2D eigenvalue weighted by Crippen LogP contribution is -2.17. The van der Waals surface area contributed by atoms with E-state index in [2.05, 4.69) is 16.2 Å². The van der Waals surface area contributed by atoms with Crippen molar-refractivity contribution in [2.24, 2.45) is 0 Å². The van der Waals surface area contributed by atoms with Crippen molar-refractivity contribution in [3.63, 3.8) is 0 Å². The first-order chi connectivity index (χ1) is 6.27. The molecule has 1 aromatic heterocycles. The van der Waals surface area contributed by atoms with Gasteiger partial charge in [-0.1, -0.05) is 12.8 Å². The van der Waals surface area contributed by atoms with Gasteiger partial charge in [0, 0.05) is 6.20 Å². The Morgan fingerprint density at radius 2 is 2.54 bits per heavy atom. The molecule has 0 amide bonds. The van der Waals surface area contributed by atoms with Crippen LogP contribution >= 0.6 is 0 Å². The van der Waals surface area contributed by atoms with Crippen molar-refractivity contribution in [3.8, 4) is 12.3 Å². The number of rotatable bonds is 3. The van der Waals surface area contributed by atoms with E-state index in [0.717, 1.165) is 6.42 Å². The number of hydrogen-bond acceptors (Lipinski definition) is 3. The molecule has 0 aliphatic carbocycles. The first kappa shape index (κ1) is 9.40. The number of nitrogens with two attached hydrogens (primary N) is 1. The number of nitrogens with one attached hydrogen (secondary N) is 1. The van der Waals surface area contributed by atoms with Gasteiger partial charge in [-0.3, -0.25) is 0 Å². The zero-order chi connectivity index (χ0) is 9.68. The van der Waals surface area contributed by atoms with E-state index in [1.165, 1.54) is 0 Å². The average molecular weight is 175 g/mol. The quantitative estimate of drug-likeness (QED) is 0.684. The molecule has 1 heterocycles. The minimum absolute atomic E-state index is 0.00259. The number of hydrogen-bond donors (Lipinski definition) is 2. The molecular weight excluding hydrogens is 162 g/mol. The lowest BCUT2D eigenvalue weighted by atomic mass is 10.2. The van der Waals surface area contributed by atoms with Crippen LogP contribution < -0.4 is 11.1 Å². The number of nitrogen functional groups attached to an aromatic ring is 1. The van der Waals surface area contributed by atoms with Gasteiger partial charge in [0.05, 0.1) is 11.7 Å². The molecule has 3 N–H and O–H groups in total. The fourth-order valence-corrected chi connectivity index (χ4v) is 0.965. The highest BCUT2D eigenvalue weighted by Crippen LogP contribution is 2.14. The molecule has 0 aromatic carbocycles. The lowest BCUT2D eigenvalue weighted by Gasteiger charge is -2.12. The Kier molecular flexibility index (Phi) is 3.15. The van der Waals surface area contributed by atoms with Gasteiger partial charge in [0.25, 0.3) is 0 Å². The molecule has 3 nitrogen and oxygen atoms in total. The van der Waals surface area contributed by atoms with Crippen LogP contribution in [0.25, 0.3) is 0 Å². The Hall–Kier alpha value is -1.69. The molecule has 0 saturated carbocycles. The Labute approximate surface area is 78.4 Å². The van der Waals surface area contributed by atoms with Gasteiger partial charge in [-0.25, -0.2) is 4.98 Å². The highest BCUT2D eigenvalue weighted by molar-refractivity contribution is 5.61. The standard InChI is InChI=1S/C10H13N3/c1-3-8(4-2)13-10-9(11)6-5-7-12-10/h1,5-8H,4,11H2,2H3,(H,12,13). The first-order valence-corrected chi connectivity index (χ1v) is 4.21. The number of terminal acetylenes is 1. The summed E-state index contributed by atoms with van der Waals surface area (Å²) in [7, 11) is 0. The topological polar surface area (TPSA) is 50.9 Å². The van der Waals surface area contributed by atoms with Gasteiger partial charge in [0.2, 0.25) is 0 Å². The summed E-state index contributed by atoms with van der Waals surface area (Å²) in [4.78, 5) is 4.08. The summed E-state index contributed by atoms with van der Waals surface area (Å²) in [6.07, 6.45) is 7.84. The van der Waals surface area contributed by atoms with Gasteiger partial charge in [0.15, 0.2) is 0 Å². The summed E-state index contributed by atoms with van der Waals surface area (Å²) in [6.45, 7) is 2.01. The van der Waals surface area contributed by atoms with Crippen LogP contribution in [0.2, 0.25) is 0 Å². The van der Waals surface area contributed by atoms with E-state index < -0.39 is 0 Å². The predicted molar refractivity (Wildman–Crippen MR) is 55.2 cm³/mol. The SMILES string of the molecule is C#CC(CC)Nc1ncccc1N. The first-order valence-electron chi connectivity index (χ1n) is 4.21. The third kappa shape index (κ3) is 2.38. The van der Waals surface area contributed by atoms with Crippen LogP contribution in [-0.2, 0) is 0 Å². The maximum absolute atomic E-state index is 5.68. The van der Waals surface area contributed by atoms with Gasteiger partial charge >= 0.3 is 0 Å². The zero-order valence-corrected chi connectivity index (χ0v) is 7.62. The third-order valence-corrected chi connectivity index (χ3v) is 1.76. The molecule has 0 fully saturated rings. The average Bonchev–Trinajstić information content (AvgIpc) is 2.17. The highest BCUT2D eigenvalue weighted by Gasteiger charge is 2.04. The largest absolute Gasteiger partial charge is 0.396 e. The van der Waals surface area contributed by atoms with Gasteiger partial charge < -0.3 is 11.1 Å². The monoisotopic (exact) mass is 175 g/mol. The van der Waals surface area contributed by atoms with Gasteiger partial charge in [0.1, 0.15) is 5.82 Å². The molecule has 0 aliphatic rings. The number of anilines is 2. The molecule has 13 heavy (non-hydrogen) atoms. The Balaban J connectivity index is 2.74. The molecule has 0 spiro atoms. The molecule has 0 aliphatic heterocycles. The minimum Gasteiger partial charge on any atom is -0.396 e. The summed E-state index contributed by atoms with van der Waals surface area (Å²) >= 11 is 0. The van der Waals surface area contributed by atoms with Crippen LogP contribution in [0.3, 0.4) is 0 Å². The maximum Gasteiger partial charge on any atom is 0.150 e. The molecule has 0 bridgehead atoms. The molecule has 1 unspecified atom stereocenters. The van der Waals surface area contributed by atoms with Crippen molar-refractivity contribution in [3.05, 3.63) is 18.3 Å². The summed E-state index contributed by atoms with van der Waals surface area (Å²) in [5, 5.41) is 3.07. The second kappa shape index (κ2) is 4.36. The van der Waals surface area contributed by atoms with E-state index in [1.54, 1.807) is 18.3 Å². The van der Waals surface area contributed by atoms with Crippen LogP contribution in [-0.4, -0.2) is 11.0 Å². The Morgan fingerprint density at radius 1 is 1.77 bits per heavy atom. The Morgan fingerprint density at radius 3 is 3.08 bits per heavy atom. The summed E-state index contributed by atoms with van der Waals surface area (Å²) < 4.78 is 0. The van der Waals surface area contributed by atoms with Crippen LogP contribution in [0.15, 0.2) is 18.3 Å². The van der Waals surface area contributed by atoms with Crippen molar-refractivity contribution in [2.75, 3.05) is 11.1 Å². The lowest BCUT2D eigenvalue weighted by molar-refractivity contribution is 0.851. The zero-order valence-electron chi connectivity index (χ0n) is 7.62. The van der Waals surface area contributed by atoms with E-state index in [4.69, 9.17) is 12.2 Å². The smallest absolute Gasteiger partial charge is 0.150 e. The van der Waals surface area contributed by atoms with E-state index in [-0.39, 0.29) is 6.04 Å². The van der Waals surface area contributed by atoms with E-state index >= 15 is 0 Å². The summed E-state index contributed by atoms with van der Waals surface area (Å²) in [5.41, 5.74) is 6.31. The summed E-state index contributed by atoms with van der Waals surface area (Å²) in [6, 6.07) is 3.58. The van der Waals surface area contributed by atoms with E-state index in [0.29, 0.717) is 11.5 Å². The molecule has 68 valence electrons. The highest BCUT2D eigenvalue weighted by atomic mass is 15.0. The molecule has 3 heteroatoms. The summed E-state index contributed by atoms with van der Waals surface area (Å²) in [5.74, 6) is 3.28. The van der Waals surface area contributed by atoms with Crippen LogP contribution in [0.4, 0.5) is 11.5 Å². The van der Waals surface area contributed by atoms with Gasteiger partial charge in [-0.05, 0) is 18.6 Å². The molecule has 1 atom stereocenters. The second-order valence-electron chi connectivity index (χ2n) is 2.71. The minimum atomic E-state index is -0.00259. The Bertz CT molecular complexity index is 314. The normalized spacial score (nSPS) is 11.7. The van der Waals surface area contributed by atoms with Crippen molar-refractivity contribution in [2.45, 2.75) is 19.4 Å². The predicted octanol–water partition coefficient (Wildman–Crippen LogP) is 1.49. The van der Waals surface area contributed by atoms with Crippen LogP contribution in [0, 0.1) is 12.3 Å². The fraction of sp³-hybridized carbons (Fsp3) is 0.300. The van der Waals surface area contributed by atoms with Crippen LogP contribution in [0.5, 0.6) is 0 Å². The van der Waals surface area contributed by atoms with Gasteiger partial charge in [-0.15, -0.1) is 6.42 Å². The molecule has 0 saturated heterocycles. The van der Waals surface area contributed by atoms with Crippen molar-refractivity contribution < 1.29 is 0 Å². The number of aromatic nitrogens is 1. The van der Waals surface area contributed by atoms with E-state index in [1.807, 2.05) is 6.92 Å². The third-order valence-electron chi connectivity index (χ3n) is 1.76. The van der Waals surface area contributed by atoms with Crippen molar-refractivity contribution in [1.82, 2.24) is 4.98 Å². The van der Waals surface area contributed by atoms with Crippen LogP contribution in [0.1, 0.15) is 13.3 Å².